The van der Waals surface area contributed by atoms with Gasteiger partial charge in [-0.2, -0.15) is 0 Å². The van der Waals surface area contributed by atoms with Gasteiger partial charge >= 0.3 is 0 Å². The maximum atomic E-state index is 10.5. The molecule has 0 heterocycles. The van der Waals surface area contributed by atoms with Gasteiger partial charge in [0.15, 0.2) is 0 Å². The number of carbonyl (C=O) groups is 1. The van der Waals surface area contributed by atoms with Crippen molar-refractivity contribution in [1.82, 2.24) is 5.32 Å². The molecule has 1 aromatic carbocycles. The lowest BCUT2D eigenvalue weighted by Gasteiger charge is -1.96. The molecule has 0 aliphatic carbocycles. The minimum Gasteiger partial charge on any atom is -0.332 e. The van der Waals surface area contributed by atoms with Gasteiger partial charge in [-0.25, -0.2) is 0 Å². The number of rotatable bonds is 4. The van der Waals surface area contributed by atoms with Gasteiger partial charge in [0.05, 0.1) is 0 Å². The van der Waals surface area contributed by atoms with Crippen molar-refractivity contribution in [3.63, 3.8) is 0 Å². The smallest absolute Gasteiger partial charge is 0.220 e. The van der Waals surface area contributed by atoms with Gasteiger partial charge in [0.25, 0.3) is 0 Å². The molecule has 1 rings (SSSR count). The molecule has 0 atom stereocenters. The Morgan fingerprint density at radius 3 is 2.79 bits per heavy atom. The summed E-state index contributed by atoms with van der Waals surface area (Å²) in [7, 11) is 0. The maximum Gasteiger partial charge on any atom is 0.220 e. The molecular weight excluding hydrogens is 194 g/mol. The van der Waals surface area contributed by atoms with E-state index in [0.717, 1.165) is 5.75 Å². The Balaban J connectivity index is 2.22. The van der Waals surface area contributed by atoms with Crippen LogP contribution in [0.25, 0.3) is 0 Å². The normalized spacial score (nSPS) is 10.4. The third-order valence-corrected chi connectivity index (χ3v) is 2.37. The molecule has 0 bridgehead atoms. The van der Waals surface area contributed by atoms with Crippen LogP contribution in [-0.2, 0) is 10.5 Å². The summed E-state index contributed by atoms with van der Waals surface area (Å²) in [6.45, 7) is 1.49. The van der Waals surface area contributed by atoms with Gasteiger partial charge in [-0.15, -0.1) is 11.8 Å². The molecule has 1 amide bonds. The zero-order valence-electron chi connectivity index (χ0n) is 8.07. The van der Waals surface area contributed by atoms with Crippen LogP contribution in [0, 0.1) is 0 Å². The Kier molecular flexibility index (Phi) is 4.86. The van der Waals surface area contributed by atoms with Crippen molar-refractivity contribution in [2.75, 3.05) is 0 Å². The first-order chi connectivity index (χ1) is 6.79. The molecule has 0 radical (unpaired) electrons. The Morgan fingerprint density at radius 1 is 1.43 bits per heavy atom. The quantitative estimate of drug-likeness (QED) is 0.822. The highest BCUT2D eigenvalue weighted by Crippen LogP contribution is 2.11. The van der Waals surface area contributed by atoms with Gasteiger partial charge in [-0.1, -0.05) is 30.3 Å². The molecule has 1 N–H and O–H groups in total. The highest BCUT2D eigenvalue weighted by molar-refractivity contribution is 8.01. The average Bonchev–Trinajstić information content (AvgIpc) is 2.18. The number of hydrogen-bond acceptors (Lipinski definition) is 2. The molecule has 14 heavy (non-hydrogen) atoms. The van der Waals surface area contributed by atoms with Crippen molar-refractivity contribution in [2.45, 2.75) is 12.7 Å². The average molecular weight is 207 g/mol. The Labute approximate surface area is 88.4 Å². The highest BCUT2D eigenvalue weighted by Gasteiger charge is 1.88. The number of amides is 1. The summed E-state index contributed by atoms with van der Waals surface area (Å²) in [6, 6.07) is 10.2. The van der Waals surface area contributed by atoms with Gasteiger partial charge in [0.2, 0.25) is 5.91 Å². The number of nitrogens with one attached hydrogen (secondary N) is 1. The summed E-state index contributed by atoms with van der Waals surface area (Å²) in [5, 5.41) is 4.47. The van der Waals surface area contributed by atoms with E-state index in [2.05, 4.69) is 17.4 Å². The van der Waals surface area contributed by atoms with E-state index in [1.807, 2.05) is 23.6 Å². The first kappa shape index (κ1) is 10.9. The van der Waals surface area contributed by atoms with Crippen LogP contribution in [0.5, 0.6) is 0 Å². The van der Waals surface area contributed by atoms with Gasteiger partial charge in [-0.3, -0.25) is 4.79 Å². The second-order valence-electron chi connectivity index (χ2n) is 2.80. The van der Waals surface area contributed by atoms with Crippen LogP contribution < -0.4 is 5.32 Å². The zero-order chi connectivity index (χ0) is 10.2. The SMILES string of the molecule is CC(=O)N/C=C/SCc1ccccc1. The summed E-state index contributed by atoms with van der Waals surface area (Å²) in [4.78, 5) is 10.5. The van der Waals surface area contributed by atoms with Crippen molar-refractivity contribution in [3.8, 4) is 0 Å². The third kappa shape index (κ3) is 4.72. The van der Waals surface area contributed by atoms with Gasteiger partial charge in [-0.05, 0) is 11.0 Å². The number of benzene rings is 1. The summed E-state index contributed by atoms with van der Waals surface area (Å²) >= 11 is 1.65. The molecule has 0 aliphatic rings. The van der Waals surface area contributed by atoms with E-state index in [1.54, 1.807) is 18.0 Å². The molecule has 0 spiro atoms. The fourth-order valence-corrected chi connectivity index (χ4v) is 1.56. The number of thioether (sulfide) groups is 1. The van der Waals surface area contributed by atoms with E-state index in [9.17, 15) is 4.79 Å². The van der Waals surface area contributed by atoms with Crippen molar-refractivity contribution >= 4 is 17.7 Å². The maximum absolute atomic E-state index is 10.5. The summed E-state index contributed by atoms with van der Waals surface area (Å²) in [6.07, 6.45) is 1.66. The fraction of sp³-hybridized carbons (Fsp3) is 0.182. The van der Waals surface area contributed by atoms with E-state index in [-0.39, 0.29) is 5.91 Å². The fourth-order valence-electron chi connectivity index (χ4n) is 0.918. The second kappa shape index (κ2) is 6.27. The Morgan fingerprint density at radius 2 is 2.14 bits per heavy atom. The Bertz CT molecular complexity index is 308. The van der Waals surface area contributed by atoms with Crippen LogP contribution >= 0.6 is 11.8 Å². The molecule has 0 saturated heterocycles. The minimum absolute atomic E-state index is 0.0402. The largest absolute Gasteiger partial charge is 0.332 e. The molecule has 0 aromatic heterocycles. The van der Waals surface area contributed by atoms with Crippen LogP contribution in [0.1, 0.15) is 12.5 Å². The topological polar surface area (TPSA) is 29.1 Å². The summed E-state index contributed by atoms with van der Waals surface area (Å²) in [5.41, 5.74) is 1.28. The lowest BCUT2D eigenvalue weighted by Crippen LogP contribution is -2.10. The monoisotopic (exact) mass is 207 g/mol. The van der Waals surface area contributed by atoms with Crippen molar-refractivity contribution in [2.24, 2.45) is 0 Å². The van der Waals surface area contributed by atoms with Crippen LogP contribution in [0.4, 0.5) is 0 Å². The first-order valence-corrected chi connectivity index (χ1v) is 5.41. The Hall–Kier alpha value is -1.22. The third-order valence-electron chi connectivity index (χ3n) is 1.54. The molecule has 0 fully saturated rings. The summed E-state index contributed by atoms with van der Waals surface area (Å²) < 4.78 is 0. The molecule has 2 nitrogen and oxygen atoms in total. The van der Waals surface area contributed by atoms with Crippen molar-refractivity contribution < 1.29 is 4.79 Å². The van der Waals surface area contributed by atoms with Gasteiger partial charge in [0.1, 0.15) is 0 Å². The number of hydrogen-bond donors (Lipinski definition) is 1. The number of carbonyl (C=O) groups excluding carboxylic acids is 1. The van der Waals surface area contributed by atoms with Crippen molar-refractivity contribution in [1.29, 1.82) is 0 Å². The molecule has 0 unspecified atom stereocenters. The van der Waals surface area contributed by atoms with Crippen molar-refractivity contribution in [3.05, 3.63) is 47.5 Å². The standard InChI is InChI=1S/C11H13NOS/c1-10(13)12-7-8-14-9-11-5-3-2-4-6-11/h2-8H,9H2,1H3,(H,12,13)/b8-7+. The van der Waals surface area contributed by atoms with E-state index in [0.29, 0.717) is 0 Å². The molecular formula is C11H13NOS. The van der Waals surface area contributed by atoms with Crippen LogP contribution in [0.2, 0.25) is 0 Å². The lowest BCUT2D eigenvalue weighted by atomic mass is 10.2. The molecule has 1 aromatic rings. The van der Waals surface area contributed by atoms with E-state index >= 15 is 0 Å². The van der Waals surface area contributed by atoms with Gasteiger partial charge in [0, 0.05) is 18.9 Å². The highest BCUT2D eigenvalue weighted by atomic mass is 32.2. The molecule has 3 heteroatoms. The zero-order valence-corrected chi connectivity index (χ0v) is 8.88. The molecule has 0 aliphatic heterocycles. The summed E-state index contributed by atoms with van der Waals surface area (Å²) in [5.74, 6) is 0.887. The van der Waals surface area contributed by atoms with Crippen LogP contribution in [0.3, 0.4) is 0 Å². The predicted molar refractivity (Wildman–Crippen MR) is 60.7 cm³/mol. The van der Waals surface area contributed by atoms with Crippen LogP contribution in [0.15, 0.2) is 41.9 Å². The predicted octanol–water partition coefficient (Wildman–Crippen LogP) is 2.53. The van der Waals surface area contributed by atoms with Gasteiger partial charge < -0.3 is 5.32 Å². The molecule has 0 saturated carbocycles. The minimum atomic E-state index is -0.0402. The lowest BCUT2D eigenvalue weighted by molar-refractivity contribution is -0.118. The van der Waals surface area contributed by atoms with E-state index in [1.165, 1.54) is 12.5 Å². The van der Waals surface area contributed by atoms with E-state index < -0.39 is 0 Å². The second-order valence-corrected chi connectivity index (χ2v) is 3.69. The van der Waals surface area contributed by atoms with Crippen LogP contribution in [-0.4, -0.2) is 5.91 Å². The van der Waals surface area contributed by atoms with E-state index in [4.69, 9.17) is 0 Å². The first-order valence-electron chi connectivity index (χ1n) is 4.36. The molecule has 74 valence electrons.